The number of nitrogens with zero attached hydrogens (tertiary/aromatic N) is 18. The number of rotatable bonds is 10. The van der Waals surface area contributed by atoms with Crippen molar-refractivity contribution in [2.75, 3.05) is 47.4 Å². The summed E-state index contributed by atoms with van der Waals surface area (Å²) < 4.78 is 15.0. The highest BCUT2D eigenvalue weighted by molar-refractivity contribution is 5.84. The summed E-state index contributed by atoms with van der Waals surface area (Å²) in [6, 6.07) is -0.844. The van der Waals surface area contributed by atoms with Gasteiger partial charge in [-0.2, -0.15) is 29.5 Å². The van der Waals surface area contributed by atoms with Crippen molar-refractivity contribution >= 4 is 51.9 Å². The second kappa shape index (κ2) is 15.4. The van der Waals surface area contributed by atoms with Gasteiger partial charge in [0.2, 0.25) is 23.5 Å². The van der Waals surface area contributed by atoms with Crippen LogP contribution in [0, 0.1) is 0 Å². The summed E-state index contributed by atoms with van der Waals surface area (Å²) in [5, 5.41) is 74.0. The first-order valence-electron chi connectivity index (χ1n) is 20.1. The van der Waals surface area contributed by atoms with Gasteiger partial charge in [0, 0.05) is 38.3 Å². The van der Waals surface area contributed by atoms with Crippen LogP contribution in [0.15, 0.2) is 12.7 Å². The predicted molar refractivity (Wildman–Crippen MR) is 209 cm³/mol. The van der Waals surface area contributed by atoms with Gasteiger partial charge in [0.15, 0.2) is 47.6 Å². The molecule has 10 heterocycles. The first kappa shape index (κ1) is 39.6. The van der Waals surface area contributed by atoms with Crippen molar-refractivity contribution < 1.29 is 34.7 Å². The highest BCUT2D eigenvalue weighted by Crippen LogP contribution is 2.40. The lowest BCUT2D eigenvalue weighted by Gasteiger charge is -2.21. The van der Waals surface area contributed by atoms with E-state index >= 15 is 0 Å². The van der Waals surface area contributed by atoms with Gasteiger partial charge >= 0.3 is 6.03 Å². The minimum absolute atomic E-state index is 0.110. The van der Waals surface area contributed by atoms with Crippen LogP contribution >= 0.6 is 0 Å². The number of amides is 2. The molecule has 29 heteroatoms. The van der Waals surface area contributed by atoms with Crippen molar-refractivity contribution in [1.29, 1.82) is 0 Å². The van der Waals surface area contributed by atoms with Gasteiger partial charge < -0.3 is 61.8 Å². The molecule has 6 aromatic heterocycles. The number of aryl methyl sites for hydroxylation is 2. The second-order valence-corrected chi connectivity index (χ2v) is 15.5. The minimum Gasteiger partial charge on any atom is -0.387 e. The number of aliphatic hydroxyl groups is 4. The van der Waals surface area contributed by atoms with Gasteiger partial charge in [0.25, 0.3) is 0 Å². The number of nitrogen functional groups attached to an aromatic ring is 2. The maximum absolute atomic E-state index is 13.3. The Morgan fingerprint density at radius 2 is 1.13 bits per heavy atom. The molecule has 4 aliphatic heterocycles. The topological polar surface area (TPSA) is 373 Å². The number of carbonyl (C=O) groups is 1. The van der Waals surface area contributed by atoms with Crippen molar-refractivity contribution in [2.24, 2.45) is 0 Å². The Labute approximate surface area is 349 Å². The van der Waals surface area contributed by atoms with E-state index in [0.29, 0.717) is 64.0 Å². The summed E-state index contributed by atoms with van der Waals surface area (Å²) >= 11 is 0. The molecule has 10 rings (SSSR count). The fourth-order valence-electron chi connectivity index (χ4n) is 8.25. The van der Waals surface area contributed by atoms with E-state index in [2.05, 4.69) is 61.4 Å². The van der Waals surface area contributed by atoms with Crippen molar-refractivity contribution in [3.8, 4) is 0 Å². The number of carbonyl (C=O) groups excluding carboxylic acids is 1. The molecule has 2 amide bonds. The van der Waals surface area contributed by atoms with Crippen molar-refractivity contribution in [3.63, 3.8) is 0 Å². The largest absolute Gasteiger partial charge is 0.387 e. The lowest BCUT2D eigenvalue weighted by atomic mass is 10.1. The summed E-state index contributed by atoms with van der Waals surface area (Å²) in [5.74, 6) is 1.08. The average Bonchev–Trinajstić information content (AvgIpc) is 4.12. The summed E-state index contributed by atoms with van der Waals surface area (Å²) in [7, 11) is 0. The molecule has 4 fully saturated rings. The first-order chi connectivity index (χ1) is 30.0. The molecule has 0 aliphatic carbocycles. The van der Waals surface area contributed by atoms with Gasteiger partial charge in [-0.1, -0.05) is 0 Å². The van der Waals surface area contributed by atoms with Crippen LogP contribution in [0.25, 0.3) is 22.3 Å². The van der Waals surface area contributed by atoms with Crippen LogP contribution in [-0.2, 0) is 22.6 Å². The number of aromatic nitrogens is 16. The number of hydrogen-bond acceptors (Lipinski definition) is 23. The van der Waals surface area contributed by atoms with Gasteiger partial charge in [-0.05, 0) is 37.1 Å². The Morgan fingerprint density at radius 1 is 0.694 bits per heavy atom. The molecule has 6 aromatic rings. The number of imidazole rings is 2. The van der Waals surface area contributed by atoms with Crippen molar-refractivity contribution in [2.45, 2.75) is 101 Å². The smallest absolute Gasteiger partial charge is 0.315 e. The molecule has 4 saturated heterocycles. The quantitative estimate of drug-likeness (QED) is 0.0656. The Balaban J connectivity index is 0.771. The Bertz CT molecular complexity index is 2440. The summed E-state index contributed by atoms with van der Waals surface area (Å²) in [4.78, 5) is 46.9. The van der Waals surface area contributed by atoms with Crippen LogP contribution in [0.5, 0.6) is 0 Å². The monoisotopic (exact) mass is 860 g/mol. The molecule has 29 nitrogen and oxygen atoms in total. The lowest BCUT2D eigenvalue weighted by Crippen LogP contribution is -2.48. The number of nitrogens with two attached hydrogens (primary N) is 2. The van der Waals surface area contributed by atoms with Gasteiger partial charge in [-0.3, -0.25) is 9.13 Å². The van der Waals surface area contributed by atoms with Crippen LogP contribution < -0.4 is 31.9 Å². The summed E-state index contributed by atoms with van der Waals surface area (Å²) in [5.41, 5.74) is 13.8. The lowest BCUT2D eigenvalue weighted by molar-refractivity contribution is -0.0384. The van der Waals surface area contributed by atoms with E-state index in [-0.39, 0.29) is 63.7 Å². The predicted octanol–water partition coefficient (Wildman–Crippen LogP) is -3.72. The fraction of sp³-hybridized carbons (Fsp3) is 0.606. The normalized spacial score (nSPS) is 28.9. The van der Waals surface area contributed by atoms with Gasteiger partial charge in [-0.15, -0.1) is 20.4 Å². The third-order valence-electron chi connectivity index (χ3n) is 11.5. The highest BCUT2D eigenvalue weighted by atomic mass is 16.6. The number of anilines is 4. The van der Waals surface area contributed by atoms with Gasteiger partial charge in [-0.25, -0.2) is 14.8 Å². The second-order valence-electron chi connectivity index (χ2n) is 15.5. The number of ether oxygens (including phenoxy) is 2. The number of urea groups is 1. The van der Waals surface area contributed by atoms with Crippen LogP contribution in [-0.4, -0.2) is 169 Å². The Morgan fingerprint density at radius 3 is 1.53 bits per heavy atom. The molecule has 0 spiro atoms. The van der Waals surface area contributed by atoms with E-state index in [4.69, 9.17) is 30.9 Å². The first-order valence-corrected chi connectivity index (χ1v) is 20.1. The number of fused-ring (bicyclic) bond motifs is 2. The van der Waals surface area contributed by atoms with Crippen LogP contribution in [0.3, 0.4) is 0 Å². The molecule has 0 bridgehead atoms. The maximum Gasteiger partial charge on any atom is 0.315 e. The number of tetrazole rings is 2. The van der Waals surface area contributed by atoms with E-state index in [9.17, 15) is 25.2 Å². The van der Waals surface area contributed by atoms with E-state index in [1.807, 2.05) is 23.6 Å². The Kier molecular flexibility index (Phi) is 9.85. The van der Waals surface area contributed by atoms with Gasteiger partial charge in [0.05, 0.1) is 25.7 Å². The third-order valence-corrected chi connectivity index (χ3v) is 11.5. The maximum atomic E-state index is 13.3. The van der Waals surface area contributed by atoms with Crippen LogP contribution in [0.4, 0.5) is 28.3 Å². The summed E-state index contributed by atoms with van der Waals surface area (Å²) in [6.45, 7) is 6.42. The number of hydrogen-bond donors (Lipinski definition) is 8. The number of nitrogens with one attached hydrogen (secondary N) is 2. The molecule has 0 radical (unpaired) electrons. The molecule has 0 unspecified atom stereocenters. The average molecular weight is 861 g/mol. The van der Waals surface area contributed by atoms with E-state index < -0.39 is 49.1 Å². The molecule has 0 aromatic carbocycles. The number of aliphatic hydroxyl groups excluding tert-OH is 4. The summed E-state index contributed by atoms with van der Waals surface area (Å²) in [6.07, 6.45) is -5.67. The van der Waals surface area contributed by atoms with E-state index in [0.717, 1.165) is 0 Å². The standard InChI is InChI=1S/C33H44N22O7/c1-3-54-46-25(44-48-54)21-17(56)19(58)29(61-21)52-11-36-15-23(34)40-31(42-27(15)52)50-7-5-13(9-50)38-33(60)39-14-6-8-51(10-14)32-41-24(35)16-28(43-32)53(12-37-16)30-20(59)18(57)22(62-30)26-45-49-55(4-2)47-26/h11-14,17-22,29-30,56-59H,3-10H2,1-2H3,(H2,34,40,42)(H2,35,41,43)(H2,38,39,60)/t13-,14-,17+,18+,19-,20-,21+,22+,29-,30-/m1/s1. The molecule has 62 heavy (non-hydrogen) atoms. The molecular formula is C33H44N22O7. The SMILES string of the molecule is CCn1nnc([C@H]2O[C@@H](n3cnc4c(N)nc(N5CC[C@@H](NC(=O)N[C@@H]6CCN(c7nc(N)c8ncn([C@@H]9O[C@H](c%10nnn(CC)n%10)[C@@H](O)[C@H]9O)c8n7)C6)C5)nc43)[C@H](O)[C@@H]2O)n1. The van der Waals surface area contributed by atoms with Crippen LogP contribution in [0.2, 0.25) is 0 Å². The van der Waals surface area contributed by atoms with Crippen LogP contribution in [0.1, 0.15) is 63.0 Å². The zero-order chi connectivity index (χ0) is 43.0. The molecular weight excluding hydrogens is 817 g/mol. The zero-order valence-corrected chi connectivity index (χ0v) is 33.3. The van der Waals surface area contributed by atoms with Crippen molar-refractivity contribution in [3.05, 3.63) is 24.3 Å². The zero-order valence-electron chi connectivity index (χ0n) is 33.3. The molecule has 10 N–H and O–H groups in total. The highest BCUT2D eigenvalue weighted by Gasteiger charge is 2.48. The van der Waals surface area contributed by atoms with E-state index in [1.165, 1.54) is 31.4 Å². The van der Waals surface area contributed by atoms with Crippen molar-refractivity contribution in [1.82, 2.24) is 90.1 Å². The van der Waals surface area contributed by atoms with Gasteiger partial charge in [0.1, 0.15) is 35.4 Å². The molecule has 328 valence electrons. The third kappa shape index (κ3) is 6.77. The minimum atomic E-state index is -1.37. The molecule has 4 aliphatic rings. The molecule has 0 saturated carbocycles. The Hall–Kier alpha value is -6.53. The fourth-order valence-corrected chi connectivity index (χ4v) is 8.25. The molecule has 10 atom stereocenters. The van der Waals surface area contributed by atoms with E-state index in [1.54, 1.807) is 0 Å².